The van der Waals surface area contributed by atoms with Gasteiger partial charge in [0.05, 0.1) is 43.2 Å². The zero-order valence-electron chi connectivity index (χ0n) is 35.9. The lowest BCUT2D eigenvalue weighted by molar-refractivity contribution is -0.452. The zero-order valence-corrected chi connectivity index (χ0v) is 35.9. The predicted octanol–water partition coefficient (Wildman–Crippen LogP) is 3.57. The minimum absolute atomic E-state index is 0.0190. The van der Waals surface area contributed by atoms with E-state index in [-0.39, 0.29) is 51.9 Å². The largest absolute Gasteiger partial charge is 0.850 e. The molecule has 19 atom stereocenters. The Morgan fingerprint density at radius 1 is 0.946 bits per heavy atom. The Balaban J connectivity index is 1.46. The Bertz CT molecular complexity index is 1340. The van der Waals surface area contributed by atoms with E-state index in [0.29, 0.717) is 25.2 Å². The minimum Gasteiger partial charge on any atom is -0.850 e. The molecule has 326 valence electrons. The molecule has 1 saturated heterocycles. The Labute approximate surface area is 336 Å². The van der Waals surface area contributed by atoms with E-state index in [1.54, 1.807) is 6.92 Å². The summed E-state index contributed by atoms with van der Waals surface area (Å²) < 4.78 is 25.0. The van der Waals surface area contributed by atoms with E-state index in [1.807, 2.05) is 20.8 Å². The average molecular weight is 798 g/mol. The first-order valence-electron chi connectivity index (χ1n) is 21.6. The van der Waals surface area contributed by atoms with Crippen molar-refractivity contribution in [3.05, 3.63) is 11.6 Å². The van der Waals surface area contributed by atoms with E-state index in [9.17, 15) is 40.9 Å². The average Bonchev–Trinajstić information content (AvgIpc) is 3.65. The highest BCUT2D eigenvalue weighted by Gasteiger charge is 2.71. The number of hydrogen-bond donors (Lipinski definition) is 7. The van der Waals surface area contributed by atoms with Crippen LogP contribution >= 0.6 is 0 Å². The van der Waals surface area contributed by atoms with Crippen LogP contribution in [0.1, 0.15) is 133 Å². The topological polar surface area (TPSA) is 202 Å². The summed E-state index contributed by atoms with van der Waals surface area (Å²) in [6.45, 7) is 19.8. The van der Waals surface area contributed by atoms with Crippen molar-refractivity contribution in [2.45, 2.75) is 207 Å². The number of fused-ring (bicyclic) bond motifs is 5. The molecule has 1 aliphatic heterocycles. The summed E-state index contributed by atoms with van der Waals surface area (Å²) in [7, 11) is 0. The maximum absolute atomic E-state index is 13.4. The third kappa shape index (κ3) is 8.07. The van der Waals surface area contributed by atoms with Gasteiger partial charge in [-0.3, -0.25) is 0 Å². The molecular weight excluding hydrogens is 720 g/mol. The molecule has 13 unspecified atom stereocenters. The Hall–Kier alpha value is -0.740. The summed E-state index contributed by atoms with van der Waals surface area (Å²) in [6, 6.07) is 0. The summed E-state index contributed by atoms with van der Waals surface area (Å²) in [4.78, 5) is 0. The van der Waals surface area contributed by atoms with Gasteiger partial charge in [0.15, 0.2) is 12.6 Å². The van der Waals surface area contributed by atoms with E-state index in [0.717, 1.165) is 44.1 Å². The molecule has 0 amide bonds. The number of rotatable bonds is 16. The molecule has 0 aromatic rings. The van der Waals surface area contributed by atoms with E-state index in [2.05, 4.69) is 40.7 Å². The second kappa shape index (κ2) is 17.3. The van der Waals surface area contributed by atoms with Crippen molar-refractivity contribution in [3.63, 3.8) is 0 Å². The lowest BCUT2D eigenvalue weighted by Crippen LogP contribution is -2.66. The van der Waals surface area contributed by atoms with Crippen molar-refractivity contribution in [1.82, 2.24) is 0 Å². The van der Waals surface area contributed by atoms with Gasteiger partial charge in [-0.05, 0) is 130 Å². The van der Waals surface area contributed by atoms with Gasteiger partial charge in [-0.1, -0.05) is 66.2 Å². The maximum atomic E-state index is 13.4. The molecule has 4 saturated carbocycles. The predicted molar refractivity (Wildman–Crippen MR) is 209 cm³/mol. The van der Waals surface area contributed by atoms with Crippen LogP contribution in [-0.4, -0.2) is 122 Å². The minimum atomic E-state index is -1.52. The Morgan fingerprint density at radius 2 is 1.61 bits per heavy atom. The van der Waals surface area contributed by atoms with Gasteiger partial charge >= 0.3 is 0 Å². The van der Waals surface area contributed by atoms with Crippen LogP contribution in [0.5, 0.6) is 0 Å². The summed E-state index contributed by atoms with van der Waals surface area (Å²) in [5, 5.41) is 89.2. The second-order valence-corrected chi connectivity index (χ2v) is 20.3. The van der Waals surface area contributed by atoms with Gasteiger partial charge in [-0.25, -0.2) is 0 Å². The molecule has 12 heteroatoms. The van der Waals surface area contributed by atoms with E-state index in [4.69, 9.17) is 18.9 Å². The normalized spacial score (nSPS) is 44.4. The first-order valence-corrected chi connectivity index (χ1v) is 21.6. The van der Waals surface area contributed by atoms with E-state index in [1.165, 1.54) is 6.92 Å². The summed E-state index contributed by atoms with van der Waals surface area (Å²) in [6.07, 6.45) is -3.03. The Morgan fingerprint density at radius 3 is 2.18 bits per heavy atom. The van der Waals surface area contributed by atoms with Crippen LogP contribution in [0.4, 0.5) is 0 Å². The fourth-order valence-corrected chi connectivity index (χ4v) is 13.2. The van der Waals surface area contributed by atoms with Crippen LogP contribution in [0.15, 0.2) is 11.6 Å². The van der Waals surface area contributed by atoms with Crippen molar-refractivity contribution in [3.8, 4) is 0 Å². The molecular formula is C44H77O12-. The lowest BCUT2D eigenvalue weighted by Gasteiger charge is -2.70. The van der Waals surface area contributed by atoms with Crippen LogP contribution in [-0.2, 0) is 18.9 Å². The van der Waals surface area contributed by atoms with Crippen molar-refractivity contribution in [2.24, 2.45) is 45.3 Å². The molecule has 0 aromatic heterocycles. The molecule has 5 fully saturated rings. The molecule has 5 aliphatic rings. The number of aliphatic hydroxyl groups excluding tert-OH is 7. The first kappa shape index (κ1) is 46.3. The van der Waals surface area contributed by atoms with Crippen LogP contribution in [0, 0.1) is 45.3 Å². The first-order chi connectivity index (χ1) is 26.1. The van der Waals surface area contributed by atoms with Crippen molar-refractivity contribution in [2.75, 3.05) is 13.2 Å². The van der Waals surface area contributed by atoms with Crippen LogP contribution in [0.2, 0.25) is 0 Å². The standard InChI is InChI=1S/C44H77O12/c1-11-29(53-39-36(52)35(51)30(23-46)54-39)37(25(4)47)55-38(28(49)22-45)56-44(10,17-12-13-24(2)3)26-14-19-43(9)34(26)27(48)21-32-41(7)18-16-33(50)40(5,6)31(41)15-20-42(32,43)8/h13,25-39,45-46,48-52H,11-12,14-23H2,1-10H3/q-1/t25?,26?,27?,28?,29?,30?,31?,32?,33-,34?,35-,36?,37?,38?,39?,41-,42+,43+,44-/m0/s1. The fraction of sp³-hybridized carbons (Fsp3) is 0.955. The third-order valence-corrected chi connectivity index (χ3v) is 16.6. The van der Waals surface area contributed by atoms with Gasteiger partial charge in [-0.15, -0.1) is 0 Å². The number of allylic oxidation sites excluding steroid dienone is 2. The van der Waals surface area contributed by atoms with Crippen molar-refractivity contribution >= 4 is 0 Å². The number of hydrogen-bond acceptors (Lipinski definition) is 12. The SMILES string of the molecule is CCC(OC1OC(CO)[C@H](O)C1O)C(OC(O[C@@](C)(CCC=C(C)C)C1CC[C@]2(C)C1C(O)CC1[C@@]3(C)CC[C@H](O)C(C)(C)C3CC[C@]12C)C(O)CO)C(C)[O-]. The fourth-order valence-electron chi connectivity index (χ4n) is 13.2. The van der Waals surface area contributed by atoms with Crippen LogP contribution in [0.3, 0.4) is 0 Å². The van der Waals surface area contributed by atoms with Gasteiger partial charge in [0.1, 0.15) is 24.4 Å². The summed E-state index contributed by atoms with van der Waals surface area (Å²) in [5.74, 6) is 0.372. The highest BCUT2D eigenvalue weighted by Crippen LogP contribution is 2.76. The van der Waals surface area contributed by atoms with Gasteiger partial charge < -0.3 is 59.8 Å². The highest BCUT2D eigenvalue weighted by molar-refractivity contribution is 5.20. The molecule has 4 aliphatic carbocycles. The van der Waals surface area contributed by atoms with Gasteiger partial charge in [0.2, 0.25) is 0 Å². The third-order valence-electron chi connectivity index (χ3n) is 16.6. The molecule has 0 spiro atoms. The molecule has 0 bridgehead atoms. The number of ether oxygens (including phenoxy) is 4. The molecule has 7 N–H and O–H groups in total. The van der Waals surface area contributed by atoms with Gasteiger partial charge in [-0.2, -0.15) is 0 Å². The van der Waals surface area contributed by atoms with Crippen LogP contribution < -0.4 is 5.11 Å². The smallest absolute Gasteiger partial charge is 0.187 e. The zero-order chi connectivity index (χ0) is 41.8. The molecule has 12 nitrogen and oxygen atoms in total. The maximum Gasteiger partial charge on any atom is 0.187 e. The highest BCUT2D eigenvalue weighted by atomic mass is 16.7. The molecule has 56 heavy (non-hydrogen) atoms. The van der Waals surface area contributed by atoms with Crippen molar-refractivity contribution in [1.29, 1.82) is 0 Å². The van der Waals surface area contributed by atoms with Gasteiger partial charge in [0, 0.05) is 0 Å². The molecule has 0 aromatic carbocycles. The summed E-state index contributed by atoms with van der Waals surface area (Å²) in [5.41, 5.74) is -0.328. The Kier molecular flexibility index (Phi) is 14.3. The molecule has 1 heterocycles. The number of aliphatic hydroxyl groups is 7. The van der Waals surface area contributed by atoms with Gasteiger partial charge in [0.25, 0.3) is 0 Å². The van der Waals surface area contributed by atoms with E-state index < -0.39 is 80.2 Å². The summed E-state index contributed by atoms with van der Waals surface area (Å²) >= 11 is 0. The molecule has 5 rings (SSSR count). The van der Waals surface area contributed by atoms with E-state index >= 15 is 0 Å². The second-order valence-electron chi connectivity index (χ2n) is 20.3. The van der Waals surface area contributed by atoms with Crippen molar-refractivity contribution < 1.29 is 59.8 Å². The molecule has 0 radical (unpaired) electrons. The monoisotopic (exact) mass is 798 g/mol. The van der Waals surface area contributed by atoms with Crippen LogP contribution in [0.25, 0.3) is 0 Å². The lowest BCUT2D eigenvalue weighted by atomic mass is 9.35. The quantitative estimate of drug-likeness (QED) is 0.0886.